The van der Waals surface area contributed by atoms with Crippen LogP contribution in [0.25, 0.3) is 11.1 Å². The van der Waals surface area contributed by atoms with Crippen LogP contribution in [-0.2, 0) is 9.59 Å². The molecule has 1 aromatic heterocycles. The highest BCUT2D eigenvalue weighted by molar-refractivity contribution is 6.04. The van der Waals surface area contributed by atoms with Crippen molar-refractivity contribution in [3.63, 3.8) is 0 Å². The number of hydrogen-bond acceptors (Lipinski definition) is 4. The van der Waals surface area contributed by atoms with Gasteiger partial charge in [-0.2, -0.15) is 0 Å². The highest BCUT2D eigenvalue weighted by atomic mass is 16.3. The van der Waals surface area contributed by atoms with Crippen LogP contribution < -0.4 is 10.2 Å². The molecule has 0 saturated carbocycles. The minimum Gasteiger partial charge on any atom is -0.441 e. The summed E-state index contributed by atoms with van der Waals surface area (Å²) in [7, 11) is 0. The number of oxazole rings is 1. The topological polar surface area (TPSA) is 75.4 Å². The van der Waals surface area contributed by atoms with E-state index in [0.29, 0.717) is 23.5 Å². The van der Waals surface area contributed by atoms with Crippen molar-refractivity contribution >= 4 is 34.3 Å². The highest BCUT2D eigenvalue weighted by Gasteiger charge is 2.35. The predicted molar refractivity (Wildman–Crippen MR) is 104 cm³/mol. The lowest BCUT2D eigenvalue weighted by molar-refractivity contribution is -0.122. The van der Waals surface area contributed by atoms with Crippen LogP contribution in [0.1, 0.15) is 23.4 Å². The number of anilines is 2. The van der Waals surface area contributed by atoms with Gasteiger partial charge in [0.1, 0.15) is 5.52 Å². The summed E-state index contributed by atoms with van der Waals surface area (Å²) in [6.07, 6.45) is 0.201. The van der Waals surface area contributed by atoms with Crippen LogP contribution in [0.3, 0.4) is 0 Å². The van der Waals surface area contributed by atoms with E-state index in [9.17, 15) is 9.59 Å². The van der Waals surface area contributed by atoms with Crippen LogP contribution in [0.4, 0.5) is 11.4 Å². The van der Waals surface area contributed by atoms with Gasteiger partial charge in [-0.15, -0.1) is 0 Å². The van der Waals surface area contributed by atoms with Gasteiger partial charge in [-0.3, -0.25) is 9.59 Å². The van der Waals surface area contributed by atoms with E-state index in [1.54, 1.807) is 17.9 Å². The van der Waals surface area contributed by atoms with E-state index in [1.165, 1.54) is 0 Å². The third kappa shape index (κ3) is 3.43. The number of carbonyl (C=O) groups is 2. The molecule has 0 aliphatic carbocycles. The Hall–Kier alpha value is -3.15. The normalized spacial score (nSPS) is 16.9. The molecule has 1 aliphatic heterocycles. The van der Waals surface area contributed by atoms with Gasteiger partial charge in [-0.1, -0.05) is 6.07 Å². The number of nitrogens with one attached hydrogen (secondary N) is 1. The molecule has 2 heterocycles. The second-order valence-corrected chi connectivity index (χ2v) is 7.16. The first-order valence-electron chi connectivity index (χ1n) is 8.96. The van der Waals surface area contributed by atoms with Crippen LogP contribution in [0.2, 0.25) is 0 Å². The summed E-state index contributed by atoms with van der Waals surface area (Å²) < 4.78 is 5.48. The summed E-state index contributed by atoms with van der Waals surface area (Å²) in [4.78, 5) is 31.1. The molecule has 1 fully saturated rings. The summed E-state index contributed by atoms with van der Waals surface area (Å²) in [5.74, 6) is 0.0120. The molecular formula is C21H21N3O3. The lowest BCUT2D eigenvalue weighted by Gasteiger charge is -2.16. The number of carbonyl (C=O) groups excluding carboxylic acids is 2. The largest absolute Gasteiger partial charge is 0.441 e. The van der Waals surface area contributed by atoms with E-state index in [2.05, 4.69) is 16.4 Å². The van der Waals surface area contributed by atoms with Crippen molar-refractivity contribution in [1.29, 1.82) is 0 Å². The van der Waals surface area contributed by atoms with Gasteiger partial charge in [0.15, 0.2) is 11.5 Å². The van der Waals surface area contributed by atoms with Crippen molar-refractivity contribution in [2.45, 2.75) is 27.2 Å². The van der Waals surface area contributed by atoms with Crippen LogP contribution in [0, 0.1) is 26.7 Å². The first-order valence-corrected chi connectivity index (χ1v) is 8.96. The van der Waals surface area contributed by atoms with Gasteiger partial charge in [0, 0.05) is 31.3 Å². The van der Waals surface area contributed by atoms with Gasteiger partial charge in [0.2, 0.25) is 11.8 Å². The van der Waals surface area contributed by atoms with Crippen molar-refractivity contribution in [2.24, 2.45) is 5.92 Å². The number of nitrogens with zero attached hydrogens (tertiary/aromatic N) is 2. The van der Waals surface area contributed by atoms with Gasteiger partial charge < -0.3 is 14.6 Å². The molecule has 1 N–H and O–H groups in total. The van der Waals surface area contributed by atoms with E-state index in [0.717, 1.165) is 22.5 Å². The Morgan fingerprint density at radius 1 is 1.15 bits per heavy atom. The average molecular weight is 363 g/mol. The Morgan fingerprint density at radius 2 is 1.89 bits per heavy atom. The van der Waals surface area contributed by atoms with Gasteiger partial charge >= 0.3 is 0 Å². The summed E-state index contributed by atoms with van der Waals surface area (Å²) in [6, 6.07) is 11.4. The van der Waals surface area contributed by atoms with E-state index >= 15 is 0 Å². The Bertz CT molecular complexity index is 1030. The van der Waals surface area contributed by atoms with Crippen molar-refractivity contribution in [3.8, 4) is 0 Å². The first-order chi connectivity index (χ1) is 12.9. The van der Waals surface area contributed by atoms with Gasteiger partial charge in [-0.25, -0.2) is 4.98 Å². The minimum absolute atomic E-state index is 0.0601. The molecule has 6 nitrogen and oxygen atoms in total. The van der Waals surface area contributed by atoms with Crippen LogP contribution in [0.5, 0.6) is 0 Å². The summed E-state index contributed by atoms with van der Waals surface area (Å²) in [6.45, 7) is 6.13. The zero-order valence-corrected chi connectivity index (χ0v) is 15.6. The Morgan fingerprint density at radius 3 is 2.63 bits per heavy atom. The van der Waals surface area contributed by atoms with Gasteiger partial charge in [0.05, 0.1) is 5.92 Å². The Labute approximate surface area is 157 Å². The highest BCUT2D eigenvalue weighted by Crippen LogP contribution is 2.29. The molecule has 4 rings (SSSR count). The van der Waals surface area contributed by atoms with Gasteiger partial charge in [0.25, 0.3) is 0 Å². The number of benzene rings is 2. The lowest BCUT2D eigenvalue weighted by Crippen LogP contribution is -2.28. The Kier molecular flexibility index (Phi) is 4.18. The van der Waals surface area contributed by atoms with Crippen molar-refractivity contribution in [2.75, 3.05) is 16.8 Å². The molecule has 2 aromatic carbocycles. The molecule has 2 amide bonds. The minimum atomic E-state index is -0.381. The maximum Gasteiger partial charge on any atom is 0.229 e. The van der Waals surface area contributed by atoms with E-state index in [1.807, 2.05) is 38.1 Å². The van der Waals surface area contributed by atoms with E-state index in [4.69, 9.17) is 4.42 Å². The monoisotopic (exact) mass is 363 g/mol. The second kappa shape index (κ2) is 6.54. The molecule has 27 heavy (non-hydrogen) atoms. The zero-order valence-electron chi connectivity index (χ0n) is 15.6. The molecular weight excluding hydrogens is 342 g/mol. The molecule has 138 valence electrons. The zero-order chi connectivity index (χ0) is 19.1. The van der Waals surface area contributed by atoms with Crippen LogP contribution in [0.15, 0.2) is 40.8 Å². The van der Waals surface area contributed by atoms with E-state index < -0.39 is 0 Å². The summed E-state index contributed by atoms with van der Waals surface area (Å²) in [5.41, 5.74) is 5.08. The van der Waals surface area contributed by atoms with Crippen LogP contribution >= 0.6 is 0 Å². The molecule has 3 aromatic rings. The molecule has 0 radical (unpaired) electrons. The standard InChI is InChI=1S/C21H21N3O3/c1-12-6-13(2)8-16(7-12)23-21(26)15-9-20(25)24(11-15)17-4-5-19-18(10-17)22-14(3)27-19/h4-8,10,15H,9,11H2,1-3H3,(H,23,26). The third-order valence-corrected chi connectivity index (χ3v) is 4.77. The lowest BCUT2D eigenvalue weighted by atomic mass is 10.1. The fourth-order valence-electron chi connectivity index (χ4n) is 3.62. The number of aromatic nitrogens is 1. The summed E-state index contributed by atoms with van der Waals surface area (Å²) >= 11 is 0. The maximum atomic E-state index is 12.7. The molecule has 1 unspecified atom stereocenters. The number of rotatable bonds is 3. The fourth-order valence-corrected chi connectivity index (χ4v) is 3.62. The molecule has 6 heteroatoms. The predicted octanol–water partition coefficient (Wildman–Crippen LogP) is 3.74. The van der Waals surface area contributed by atoms with Gasteiger partial charge in [-0.05, 0) is 55.3 Å². The van der Waals surface area contributed by atoms with E-state index in [-0.39, 0.29) is 24.2 Å². The number of fused-ring (bicyclic) bond motifs is 1. The molecule has 0 bridgehead atoms. The maximum absolute atomic E-state index is 12.7. The third-order valence-electron chi connectivity index (χ3n) is 4.77. The fraction of sp³-hybridized carbons (Fsp3) is 0.286. The molecule has 0 spiro atoms. The van der Waals surface area contributed by atoms with Crippen molar-refractivity contribution in [3.05, 3.63) is 53.4 Å². The molecule has 1 atom stereocenters. The van der Waals surface area contributed by atoms with Crippen molar-refractivity contribution < 1.29 is 14.0 Å². The SMILES string of the molecule is Cc1cc(C)cc(NC(=O)C2CC(=O)N(c3ccc4oc(C)nc4c3)C2)c1. The number of amides is 2. The summed E-state index contributed by atoms with van der Waals surface area (Å²) in [5, 5.41) is 2.95. The van der Waals surface area contributed by atoms with Crippen molar-refractivity contribution in [1.82, 2.24) is 4.98 Å². The molecule has 1 saturated heterocycles. The van der Waals surface area contributed by atoms with Crippen LogP contribution in [-0.4, -0.2) is 23.3 Å². The quantitative estimate of drug-likeness (QED) is 0.769. The molecule has 1 aliphatic rings. The number of hydrogen-bond donors (Lipinski definition) is 1. The smallest absolute Gasteiger partial charge is 0.229 e. The second-order valence-electron chi connectivity index (χ2n) is 7.16. The Balaban J connectivity index is 1.51. The number of aryl methyl sites for hydroxylation is 3. The first kappa shape index (κ1) is 17.3. The average Bonchev–Trinajstić information content (AvgIpc) is 3.14.